The summed E-state index contributed by atoms with van der Waals surface area (Å²) < 4.78 is 24.4. The zero-order valence-electron chi connectivity index (χ0n) is 18.8. The molecule has 174 valence electrons. The van der Waals surface area contributed by atoms with E-state index >= 15 is 0 Å². The summed E-state index contributed by atoms with van der Waals surface area (Å²) in [6, 6.07) is 23.7. The Labute approximate surface area is 205 Å². The molecule has 2 heterocycles. The smallest absolute Gasteiger partial charge is 0.340 e. The lowest BCUT2D eigenvalue weighted by atomic mass is 9.94. The van der Waals surface area contributed by atoms with Gasteiger partial charge in [0.05, 0.1) is 30.3 Å². The van der Waals surface area contributed by atoms with Gasteiger partial charge in [0, 0.05) is 16.7 Å². The van der Waals surface area contributed by atoms with E-state index in [0.717, 1.165) is 27.6 Å². The Morgan fingerprint density at radius 2 is 1.80 bits per heavy atom. The van der Waals surface area contributed by atoms with Crippen molar-refractivity contribution < 1.29 is 18.3 Å². The van der Waals surface area contributed by atoms with E-state index < -0.39 is 5.97 Å². The number of fused-ring (bicyclic) bond motifs is 1. The largest absolute Gasteiger partial charge is 0.465 e. The second-order valence-corrected chi connectivity index (χ2v) is 8.67. The SMILES string of the molecule is COC(=O)c1c(CSc2nnc(Cc3cccc(F)c3)o2)nc2ccccc2c1-c1ccccc1. The summed E-state index contributed by atoms with van der Waals surface area (Å²) in [7, 11) is 1.36. The van der Waals surface area contributed by atoms with Gasteiger partial charge in [-0.1, -0.05) is 72.4 Å². The molecule has 0 unspecified atom stereocenters. The van der Waals surface area contributed by atoms with Crippen molar-refractivity contribution in [1.82, 2.24) is 15.2 Å². The van der Waals surface area contributed by atoms with Crippen LogP contribution < -0.4 is 0 Å². The average Bonchev–Trinajstić information content (AvgIpc) is 3.33. The summed E-state index contributed by atoms with van der Waals surface area (Å²) >= 11 is 1.28. The van der Waals surface area contributed by atoms with Gasteiger partial charge in [0.2, 0.25) is 5.89 Å². The number of benzene rings is 3. The van der Waals surface area contributed by atoms with Gasteiger partial charge < -0.3 is 9.15 Å². The lowest BCUT2D eigenvalue weighted by Gasteiger charge is -2.15. The van der Waals surface area contributed by atoms with Gasteiger partial charge in [-0.15, -0.1) is 10.2 Å². The number of aromatic nitrogens is 3. The van der Waals surface area contributed by atoms with Crippen LogP contribution in [-0.2, 0) is 16.9 Å². The van der Waals surface area contributed by atoms with Gasteiger partial charge in [0.25, 0.3) is 5.22 Å². The first kappa shape index (κ1) is 22.7. The first-order chi connectivity index (χ1) is 17.1. The maximum atomic E-state index is 13.5. The van der Waals surface area contributed by atoms with Crippen LogP contribution in [0.5, 0.6) is 0 Å². The minimum atomic E-state index is -0.463. The van der Waals surface area contributed by atoms with Crippen molar-refractivity contribution in [2.24, 2.45) is 0 Å². The molecule has 0 N–H and O–H groups in total. The Morgan fingerprint density at radius 3 is 2.60 bits per heavy atom. The topological polar surface area (TPSA) is 78.1 Å². The maximum Gasteiger partial charge on any atom is 0.340 e. The molecule has 0 aliphatic rings. The first-order valence-corrected chi connectivity index (χ1v) is 11.9. The highest BCUT2D eigenvalue weighted by atomic mass is 32.2. The molecule has 0 saturated heterocycles. The molecule has 0 bridgehead atoms. The molecule has 5 rings (SSSR count). The van der Waals surface area contributed by atoms with Crippen LogP contribution >= 0.6 is 11.8 Å². The highest BCUT2D eigenvalue weighted by Gasteiger charge is 2.23. The molecule has 0 saturated carbocycles. The third-order valence-corrected chi connectivity index (χ3v) is 6.27. The standard InChI is InChI=1S/C27H20FN3O3S/c1-33-26(32)25-22(16-35-27-31-30-23(34-27)15-17-8-7-11-19(28)14-17)29-21-13-6-5-12-20(21)24(25)18-9-3-2-4-10-18/h2-14H,15-16H2,1H3. The predicted molar refractivity (Wildman–Crippen MR) is 132 cm³/mol. The van der Waals surface area contributed by atoms with Gasteiger partial charge in [-0.3, -0.25) is 4.98 Å². The number of ether oxygens (including phenoxy) is 1. The third-order valence-electron chi connectivity index (χ3n) is 5.44. The van der Waals surface area contributed by atoms with Gasteiger partial charge >= 0.3 is 5.97 Å². The van der Waals surface area contributed by atoms with E-state index in [2.05, 4.69) is 10.2 Å². The minimum absolute atomic E-state index is 0.316. The lowest BCUT2D eigenvalue weighted by molar-refractivity contribution is 0.0600. The average molecular weight is 486 g/mol. The van der Waals surface area contributed by atoms with Crippen LogP contribution in [-0.4, -0.2) is 28.3 Å². The van der Waals surface area contributed by atoms with Crippen molar-refractivity contribution in [3.63, 3.8) is 0 Å². The van der Waals surface area contributed by atoms with E-state index in [1.807, 2.05) is 54.6 Å². The van der Waals surface area contributed by atoms with Gasteiger partial charge in [0.15, 0.2) is 0 Å². The van der Waals surface area contributed by atoms with Gasteiger partial charge in [0.1, 0.15) is 5.82 Å². The number of esters is 1. The van der Waals surface area contributed by atoms with Crippen LogP contribution in [0.4, 0.5) is 4.39 Å². The van der Waals surface area contributed by atoms with E-state index in [1.54, 1.807) is 12.1 Å². The number of carbonyl (C=O) groups is 1. The number of rotatable bonds is 7. The molecule has 0 aliphatic carbocycles. The molecule has 0 atom stereocenters. The molecule has 8 heteroatoms. The minimum Gasteiger partial charge on any atom is -0.465 e. The number of nitrogens with zero attached hydrogens (tertiary/aromatic N) is 3. The fraction of sp³-hybridized carbons (Fsp3) is 0.111. The summed E-state index contributed by atoms with van der Waals surface area (Å²) in [5.41, 5.74) is 4.14. The number of para-hydroxylation sites is 1. The van der Waals surface area contributed by atoms with E-state index in [1.165, 1.54) is 31.0 Å². The third kappa shape index (κ3) is 4.93. The Hall–Kier alpha value is -4.04. The summed E-state index contributed by atoms with van der Waals surface area (Å²) in [6.07, 6.45) is 0.325. The second-order valence-electron chi connectivity index (χ2n) is 7.74. The summed E-state index contributed by atoms with van der Waals surface area (Å²) in [5.74, 6) is -0.0854. The van der Waals surface area contributed by atoms with E-state index in [-0.39, 0.29) is 5.82 Å². The predicted octanol–water partition coefficient (Wildman–Crippen LogP) is 6.09. The van der Waals surface area contributed by atoms with Gasteiger partial charge in [-0.25, -0.2) is 9.18 Å². The summed E-state index contributed by atoms with van der Waals surface area (Å²) in [6.45, 7) is 0. The molecule has 0 fully saturated rings. The lowest BCUT2D eigenvalue weighted by Crippen LogP contribution is -2.10. The van der Waals surface area contributed by atoms with Crippen LogP contribution in [0.1, 0.15) is 27.5 Å². The van der Waals surface area contributed by atoms with Crippen LogP contribution in [0.25, 0.3) is 22.0 Å². The maximum absolute atomic E-state index is 13.5. The van der Waals surface area contributed by atoms with Crippen LogP contribution in [0.15, 0.2) is 88.5 Å². The van der Waals surface area contributed by atoms with E-state index in [9.17, 15) is 9.18 Å². The molecule has 3 aromatic carbocycles. The molecular formula is C27H20FN3O3S. The normalized spacial score (nSPS) is 11.0. The highest BCUT2D eigenvalue weighted by Crippen LogP contribution is 2.35. The fourth-order valence-electron chi connectivity index (χ4n) is 3.91. The molecule has 5 aromatic rings. The van der Waals surface area contributed by atoms with Crippen LogP contribution in [0, 0.1) is 5.82 Å². The fourth-order valence-corrected chi connectivity index (χ4v) is 4.64. The zero-order chi connectivity index (χ0) is 24.2. The van der Waals surface area contributed by atoms with Crippen molar-refractivity contribution in [1.29, 1.82) is 0 Å². The first-order valence-electron chi connectivity index (χ1n) is 10.9. The Morgan fingerprint density at radius 1 is 1.00 bits per heavy atom. The van der Waals surface area contributed by atoms with Crippen molar-refractivity contribution in [2.45, 2.75) is 17.4 Å². The number of thioether (sulfide) groups is 1. The van der Waals surface area contributed by atoms with Gasteiger partial charge in [-0.05, 0) is 29.3 Å². The molecule has 0 amide bonds. The monoisotopic (exact) mass is 485 g/mol. The van der Waals surface area contributed by atoms with E-state index in [0.29, 0.717) is 34.5 Å². The number of methoxy groups -OCH3 is 1. The Bertz CT molecular complexity index is 1500. The van der Waals surface area contributed by atoms with Crippen LogP contribution in [0.3, 0.4) is 0 Å². The number of hydrogen-bond acceptors (Lipinski definition) is 7. The van der Waals surface area contributed by atoms with Crippen molar-refractivity contribution in [2.75, 3.05) is 7.11 Å². The molecular weight excluding hydrogens is 465 g/mol. The number of carbonyl (C=O) groups excluding carboxylic acids is 1. The molecule has 0 spiro atoms. The molecule has 2 aromatic heterocycles. The highest BCUT2D eigenvalue weighted by molar-refractivity contribution is 7.98. The van der Waals surface area contributed by atoms with Gasteiger partial charge in [-0.2, -0.15) is 0 Å². The number of hydrogen-bond donors (Lipinski definition) is 0. The van der Waals surface area contributed by atoms with Crippen molar-refractivity contribution in [3.05, 3.63) is 107 Å². The van der Waals surface area contributed by atoms with Crippen LogP contribution in [0.2, 0.25) is 0 Å². The van der Waals surface area contributed by atoms with Crippen molar-refractivity contribution >= 4 is 28.6 Å². The molecule has 0 radical (unpaired) electrons. The Balaban J connectivity index is 1.49. The molecule has 35 heavy (non-hydrogen) atoms. The summed E-state index contributed by atoms with van der Waals surface area (Å²) in [4.78, 5) is 17.7. The molecule has 6 nitrogen and oxygen atoms in total. The summed E-state index contributed by atoms with van der Waals surface area (Å²) in [5, 5.41) is 9.37. The van der Waals surface area contributed by atoms with Crippen molar-refractivity contribution in [3.8, 4) is 11.1 Å². The number of pyridine rings is 1. The second kappa shape index (κ2) is 10.1. The number of halogens is 1. The quantitative estimate of drug-likeness (QED) is 0.204. The van der Waals surface area contributed by atoms with E-state index in [4.69, 9.17) is 14.1 Å². The Kier molecular flexibility index (Phi) is 6.54. The molecule has 0 aliphatic heterocycles. The zero-order valence-corrected chi connectivity index (χ0v) is 19.6.